The fourth-order valence-electron chi connectivity index (χ4n) is 4.93. The van der Waals surface area contributed by atoms with E-state index in [1.807, 2.05) is 66.7 Å². The maximum atomic E-state index is 14.0. The summed E-state index contributed by atoms with van der Waals surface area (Å²) in [7, 11) is 1.60. The van der Waals surface area contributed by atoms with Crippen LogP contribution in [0, 0.1) is 0 Å². The average molecular weight is 581 g/mol. The number of carboxylic acids is 1. The number of hydrogen-bond donors (Lipinski definition) is 2. The van der Waals surface area contributed by atoms with Crippen LogP contribution in [0.5, 0.6) is 5.75 Å². The highest BCUT2D eigenvalue weighted by atomic mass is 16.5. The van der Waals surface area contributed by atoms with Gasteiger partial charge in [0.05, 0.1) is 20.1 Å². The van der Waals surface area contributed by atoms with Gasteiger partial charge in [-0.1, -0.05) is 78.9 Å². The van der Waals surface area contributed by atoms with E-state index in [1.165, 1.54) is 0 Å². The lowest BCUT2D eigenvalue weighted by molar-refractivity contribution is -0.137. The summed E-state index contributed by atoms with van der Waals surface area (Å²) >= 11 is 0. The molecule has 0 aliphatic heterocycles. The molecule has 2 amide bonds. The first-order valence-corrected chi connectivity index (χ1v) is 14.2. The van der Waals surface area contributed by atoms with Crippen LogP contribution in [0.4, 0.5) is 0 Å². The van der Waals surface area contributed by atoms with Gasteiger partial charge in [0, 0.05) is 37.3 Å². The molecule has 0 bridgehead atoms. The van der Waals surface area contributed by atoms with Gasteiger partial charge in [0.25, 0.3) is 11.8 Å². The van der Waals surface area contributed by atoms with Crippen LogP contribution in [0.15, 0.2) is 103 Å². The molecule has 0 radical (unpaired) electrons. The van der Waals surface area contributed by atoms with Crippen molar-refractivity contribution in [2.75, 3.05) is 33.4 Å². The number of aliphatic carboxylic acids is 1. The number of hydrogen-bond acceptors (Lipinski definition) is 5. The van der Waals surface area contributed by atoms with Crippen molar-refractivity contribution in [2.24, 2.45) is 0 Å². The van der Waals surface area contributed by atoms with E-state index >= 15 is 0 Å². The third-order valence-electron chi connectivity index (χ3n) is 7.19. The van der Waals surface area contributed by atoms with E-state index in [1.54, 1.807) is 53.3 Å². The summed E-state index contributed by atoms with van der Waals surface area (Å²) in [4.78, 5) is 42.5. The SMILES string of the molecule is COc1ccc(CCN(CCC(=O)O)C(=O)c2ccccc2-c2ccccc2C(=O)N(CCO)Cc2ccccc2)cc1. The number of benzene rings is 4. The Bertz CT molecular complexity index is 1520. The minimum absolute atomic E-state index is 0.0422. The molecule has 4 aromatic rings. The molecule has 4 aromatic carbocycles. The number of aliphatic hydroxyl groups is 1. The Hall–Kier alpha value is -4.95. The average Bonchev–Trinajstić information content (AvgIpc) is 3.04. The summed E-state index contributed by atoms with van der Waals surface area (Å²) in [6.07, 6.45) is 0.337. The van der Waals surface area contributed by atoms with Crippen molar-refractivity contribution < 1.29 is 29.3 Å². The van der Waals surface area contributed by atoms with Crippen LogP contribution in [-0.4, -0.2) is 71.1 Å². The second-order valence-corrected chi connectivity index (χ2v) is 10.1. The quantitative estimate of drug-likeness (QED) is 0.214. The smallest absolute Gasteiger partial charge is 0.305 e. The highest BCUT2D eigenvalue weighted by Crippen LogP contribution is 2.30. The van der Waals surface area contributed by atoms with Crippen molar-refractivity contribution in [3.05, 3.63) is 125 Å². The number of carbonyl (C=O) groups excluding carboxylic acids is 2. The molecule has 0 heterocycles. The normalized spacial score (nSPS) is 10.7. The third kappa shape index (κ3) is 8.30. The minimum Gasteiger partial charge on any atom is -0.497 e. The van der Waals surface area contributed by atoms with E-state index in [-0.39, 0.29) is 37.9 Å². The fraction of sp³-hybridized carbons (Fsp3) is 0.229. The molecule has 0 aromatic heterocycles. The van der Waals surface area contributed by atoms with Gasteiger partial charge in [0.2, 0.25) is 0 Å². The maximum Gasteiger partial charge on any atom is 0.305 e. The summed E-state index contributed by atoms with van der Waals surface area (Å²) in [5.74, 6) is -0.845. The standard InChI is InChI=1S/C35H36N2O6/c1-43-28-17-15-26(16-18-28)19-21-36(22-20-33(39)40)34(41)31-13-7-5-11-29(31)30-12-6-8-14-32(30)35(42)37(23-24-38)25-27-9-3-2-4-10-27/h2-18,38H,19-25H2,1H3,(H,39,40). The molecule has 8 nitrogen and oxygen atoms in total. The molecule has 0 saturated carbocycles. The summed E-state index contributed by atoms with van der Waals surface area (Å²) in [5, 5.41) is 19.1. The van der Waals surface area contributed by atoms with Gasteiger partial charge < -0.3 is 24.7 Å². The molecular formula is C35H36N2O6. The van der Waals surface area contributed by atoms with Crippen LogP contribution < -0.4 is 4.74 Å². The molecule has 8 heteroatoms. The Morgan fingerprint density at radius 2 is 1.21 bits per heavy atom. The third-order valence-corrected chi connectivity index (χ3v) is 7.19. The van der Waals surface area contributed by atoms with Crippen LogP contribution in [-0.2, 0) is 17.8 Å². The molecule has 0 saturated heterocycles. The monoisotopic (exact) mass is 580 g/mol. The Balaban J connectivity index is 1.65. The molecule has 0 fully saturated rings. The van der Waals surface area contributed by atoms with Crippen LogP contribution in [0.1, 0.15) is 38.3 Å². The van der Waals surface area contributed by atoms with Crippen molar-refractivity contribution in [3.8, 4) is 16.9 Å². The van der Waals surface area contributed by atoms with E-state index in [0.717, 1.165) is 16.9 Å². The van der Waals surface area contributed by atoms with Gasteiger partial charge in [-0.05, 0) is 52.9 Å². The minimum atomic E-state index is -0.992. The zero-order valence-electron chi connectivity index (χ0n) is 24.2. The number of carboxylic acid groups (broad SMARTS) is 1. The largest absolute Gasteiger partial charge is 0.497 e. The van der Waals surface area contributed by atoms with Gasteiger partial charge in [-0.15, -0.1) is 0 Å². The molecular weight excluding hydrogens is 544 g/mol. The van der Waals surface area contributed by atoms with Crippen molar-refractivity contribution in [3.63, 3.8) is 0 Å². The number of carbonyl (C=O) groups is 3. The van der Waals surface area contributed by atoms with Crippen LogP contribution in [0.25, 0.3) is 11.1 Å². The molecule has 4 rings (SSSR count). The molecule has 0 aliphatic carbocycles. The van der Waals surface area contributed by atoms with E-state index < -0.39 is 5.97 Å². The van der Waals surface area contributed by atoms with Gasteiger partial charge in [0.1, 0.15) is 5.75 Å². The first kappa shape index (κ1) is 31.0. The van der Waals surface area contributed by atoms with Gasteiger partial charge >= 0.3 is 5.97 Å². The van der Waals surface area contributed by atoms with Gasteiger partial charge in [0.15, 0.2) is 0 Å². The lowest BCUT2D eigenvalue weighted by Gasteiger charge is -2.25. The molecule has 0 unspecified atom stereocenters. The number of rotatable bonds is 14. The number of ether oxygens (including phenoxy) is 1. The topological polar surface area (TPSA) is 107 Å². The lowest BCUT2D eigenvalue weighted by Crippen LogP contribution is -2.35. The van der Waals surface area contributed by atoms with Crippen molar-refractivity contribution in [2.45, 2.75) is 19.4 Å². The van der Waals surface area contributed by atoms with Crippen LogP contribution >= 0.6 is 0 Å². The highest BCUT2D eigenvalue weighted by Gasteiger charge is 2.24. The summed E-state index contributed by atoms with van der Waals surface area (Å²) in [6, 6.07) is 31.3. The Morgan fingerprint density at radius 1 is 0.651 bits per heavy atom. The highest BCUT2D eigenvalue weighted by molar-refractivity contribution is 6.06. The summed E-state index contributed by atoms with van der Waals surface area (Å²) in [5.41, 5.74) is 3.86. The van der Waals surface area contributed by atoms with Gasteiger partial charge in [-0.2, -0.15) is 0 Å². The van der Waals surface area contributed by atoms with Crippen molar-refractivity contribution in [1.29, 1.82) is 0 Å². The number of aliphatic hydroxyl groups excluding tert-OH is 1. The fourth-order valence-corrected chi connectivity index (χ4v) is 4.93. The zero-order valence-corrected chi connectivity index (χ0v) is 24.2. The molecule has 2 N–H and O–H groups in total. The summed E-state index contributed by atoms with van der Waals surface area (Å²) < 4.78 is 5.23. The van der Waals surface area contributed by atoms with E-state index in [0.29, 0.717) is 41.8 Å². The molecule has 0 spiro atoms. The number of nitrogens with zero attached hydrogens (tertiary/aromatic N) is 2. The Morgan fingerprint density at radius 3 is 1.77 bits per heavy atom. The van der Waals surface area contributed by atoms with E-state index in [9.17, 15) is 24.6 Å². The molecule has 0 aliphatic rings. The lowest BCUT2D eigenvalue weighted by atomic mass is 9.93. The summed E-state index contributed by atoms with van der Waals surface area (Å²) in [6.45, 7) is 0.637. The second-order valence-electron chi connectivity index (χ2n) is 10.1. The molecule has 43 heavy (non-hydrogen) atoms. The van der Waals surface area contributed by atoms with Gasteiger partial charge in [-0.25, -0.2) is 0 Å². The van der Waals surface area contributed by atoms with Crippen LogP contribution in [0.3, 0.4) is 0 Å². The number of methoxy groups -OCH3 is 1. The van der Waals surface area contributed by atoms with Crippen molar-refractivity contribution >= 4 is 17.8 Å². The number of amides is 2. The van der Waals surface area contributed by atoms with Crippen molar-refractivity contribution in [1.82, 2.24) is 9.80 Å². The zero-order chi connectivity index (χ0) is 30.6. The second kappa shape index (κ2) is 15.3. The maximum absolute atomic E-state index is 14.0. The first-order chi connectivity index (χ1) is 20.9. The van der Waals surface area contributed by atoms with E-state index in [2.05, 4.69) is 0 Å². The Labute approximate surface area is 251 Å². The van der Waals surface area contributed by atoms with E-state index in [4.69, 9.17) is 4.74 Å². The predicted octanol–water partition coefficient (Wildman–Crippen LogP) is 5.16. The Kier molecular flexibility index (Phi) is 11.0. The van der Waals surface area contributed by atoms with Crippen LogP contribution in [0.2, 0.25) is 0 Å². The molecule has 222 valence electrons. The first-order valence-electron chi connectivity index (χ1n) is 14.2. The predicted molar refractivity (Wildman–Crippen MR) is 165 cm³/mol. The van der Waals surface area contributed by atoms with Gasteiger partial charge in [-0.3, -0.25) is 14.4 Å². The molecule has 0 atom stereocenters.